The molecule has 4 atom stereocenters. The predicted octanol–water partition coefficient (Wildman–Crippen LogP) is 1.94. The molecule has 2 aliphatic carbocycles. The number of carbonyl (C=O) groups excluding carboxylic acids is 2. The SMILES string of the molecule is CCC1NC(=O)C(C)(C)N(CC2CC3CCC2C3)C1=O. The molecule has 0 aromatic heterocycles. The second-order valence-corrected chi connectivity index (χ2v) is 7.38. The molecule has 3 aliphatic rings. The van der Waals surface area contributed by atoms with Crippen LogP contribution < -0.4 is 5.32 Å². The third-order valence-electron chi connectivity index (χ3n) is 5.81. The molecule has 4 heteroatoms. The number of amides is 2. The van der Waals surface area contributed by atoms with Gasteiger partial charge in [-0.25, -0.2) is 0 Å². The Hall–Kier alpha value is -1.06. The molecule has 2 saturated carbocycles. The van der Waals surface area contributed by atoms with Crippen LogP contribution in [0.25, 0.3) is 0 Å². The largest absolute Gasteiger partial charge is 0.342 e. The van der Waals surface area contributed by atoms with Gasteiger partial charge in [-0.3, -0.25) is 9.59 Å². The molecule has 2 bridgehead atoms. The highest BCUT2D eigenvalue weighted by molar-refractivity contribution is 5.99. The molecule has 0 radical (unpaired) electrons. The van der Waals surface area contributed by atoms with Crippen LogP contribution in [0, 0.1) is 17.8 Å². The summed E-state index contributed by atoms with van der Waals surface area (Å²) >= 11 is 0. The number of piperazine rings is 1. The molecular formula is C16H26N2O2. The van der Waals surface area contributed by atoms with Crippen LogP contribution in [0.5, 0.6) is 0 Å². The first-order chi connectivity index (χ1) is 9.43. The first-order valence-corrected chi connectivity index (χ1v) is 8.06. The second-order valence-electron chi connectivity index (χ2n) is 7.38. The van der Waals surface area contributed by atoms with Gasteiger partial charge in [0.1, 0.15) is 11.6 Å². The number of hydrogen-bond acceptors (Lipinski definition) is 2. The maximum atomic E-state index is 12.6. The van der Waals surface area contributed by atoms with E-state index >= 15 is 0 Å². The Labute approximate surface area is 121 Å². The predicted molar refractivity (Wildman–Crippen MR) is 77.0 cm³/mol. The number of nitrogens with zero attached hydrogens (tertiary/aromatic N) is 1. The Balaban J connectivity index is 1.77. The molecule has 2 amide bonds. The van der Waals surface area contributed by atoms with Crippen molar-refractivity contribution in [2.24, 2.45) is 17.8 Å². The quantitative estimate of drug-likeness (QED) is 0.857. The van der Waals surface area contributed by atoms with Crippen LogP contribution in [0.1, 0.15) is 52.9 Å². The average molecular weight is 278 g/mol. The van der Waals surface area contributed by atoms with E-state index in [0.29, 0.717) is 12.3 Å². The molecule has 0 spiro atoms. The lowest BCUT2D eigenvalue weighted by atomic mass is 9.86. The summed E-state index contributed by atoms with van der Waals surface area (Å²) in [6.07, 6.45) is 5.96. The second kappa shape index (κ2) is 4.74. The number of hydrogen-bond donors (Lipinski definition) is 1. The van der Waals surface area contributed by atoms with Crippen molar-refractivity contribution in [3.8, 4) is 0 Å². The average Bonchev–Trinajstić information content (AvgIpc) is 3.01. The van der Waals surface area contributed by atoms with Crippen molar-refractivity contribution in [3.63, 3.8) is 0 Å². The Bertz CT molecular complexity index is 432. The van der Waals surface area contributed by atoms with E-state index in [2.05, 4.69) is 5.32 Å². The van der Waals surface area contributed by atoms with Gasteiger partial charge >= 0.3 is 0 Å². The molecule has 20 heavy (non-hydrogen) atoms. The van der Waals surface area contributed by atoms with Crippen molar-refractivity contribution < 1.29 is 9.59 Å². The first-order valence-electron chi connectivity index (χ1n) is 8.06. The van der Waals surface area contributed by atoms with Gasteiger partial charge in [-0.15, -0.1) is 0 Å². The van der Waals surface area contributed by atoms with Gasteiger partial charge in [0.15, 0.2) is 0 Å². The normalized spacial score (nSPS) is 39.2. The molecule has 0 aromatic carbocycles. The highest BCUT2D eigenvalue weighted by Crippen LogP contribution is 2.49. The van der Waals surface area contributed by atoms with E-state index in [4.69, 9.17) is 0 Å². The van der Waals surface area contributed by atoms with Gasteiger partial charge in [0.05, 0.1) is 0 Å². The zero-order chi connectivity index (χ0) is 14.5. The molecule has 3 fully saturated rings. The Morgan fingerprint density at radius 2 is 2.00 bits per heavy atom. The van der Waals surface area contributed by atoms with Gasteiger partial charge in [-0.05, 0) is 57.3 Å². The van der Waals surface area contributed by atoms with Gasteiger partial charge in [-0.2, -0.15) is 0 Å². The summed E-state index contributed by atoms with van der Waals surface area (Å²) in [7, 11) is 0. The van der Waals surface area contributed by atoms with Gasteiger partial charge in [0, 0.05) is 6.54 Å². The fraction of sp³-hybridized carbons (Fsp3) is 0.875. The lowest BCUT2D eigenvalue weighted by molar-refractivity contribution is -0.156. The smallest absolute Gasteiger partial charge is 0.246 e. The molecule has 3 rings (SSSR count). The van der Waals surface area contributed by atoms with Crippen LogP contribution in [-0.4, -0.2) is 34.8 Å². The van der Waals surface area contributed by atoms with Crippen LogP contribution in [0.15, 0.2) is 0 Å². The standard InChI is InChI=1S/C16H26N2O2/c1-4-13-14(19)18(16(2,3)15(20)17-13)9-12-8-10-5-6-11(12)7-10/h10-13H,4-9H2,1-3H3,(H,17,20). The van der Waals surface area contributed by atoms with Crippen molar-refractivity contribution in [1.29, 1.82) is 0 Å². The molecular weight excluding hydrogens is 252 g/mol. The molecule has 1 aliphatic heterocycles. The van der Waals surface area contributed by atoms with Crippen LogP contribution in [0.2, 0.25) is 0 Å². The summed E-state index contributed by atoms with van der Waals surface area (Å²) in [5.74, 6) is 2.38. The molecule has 4 unspecified atom stereocenters. The maximum Gasteiger partial charge on any atom is 0.246 e. The van der Waals surface area contributed by atoms with E-state index in [1.807, 2.05) is 25.7 Å². The Morgan fingerprint density at radius 3 is 2.55 bits per heavy atom. The third-order valence-corrected chi connectivity index (χ3v) is 5.81. The highest BCUT2D eigenvalue weighted by Gasteiger charge is 2.48. The number of fused-ring (bicyclic) bond motifs is 2. The summed E-state index contributed by atoms with van der Waals surface area (Å²) in [5, 5.41) is 2.86. The Morgan fingerprint density at radius 1 is 1.25 bits per heavy atom. The minimum Gasteiger partial charge on any atom is -0.342 e. The lowest BCUT2D eigenvalue weighted by Gasteiger charge is -2.46. The molecule has 0 aromatic rings. The summed E-state index contributed by atoms with van der Waals surface area (Å²) in [5.41, 5.74) is -0.704. The van der Waals surface area contributed by atoms with E-state index in [1.54, 1.807) is 0 Å². The van der Waals surface area contributed by atoms with E-state index in [0.717, 1.165) is 18.4 Å². The van der Waals surface area contributed by atoms with Gasteiger partial charge in [-0.1, -0.05) is 13.3 Å². The van der Waals surface area contributed by atoms with Crippen molar-refractivity contribution in [1.82, 2.24) is 10.2 Å². The van der Waals surface area contributed by atoms with E-state index in [9.17, 15) is 9.59 Å². The Kier molecular flexibility index (Phi) is 3.30. The van der Waals surface area contributed by atoms with Crippen LogP contribution in [-0.2, 0) is 9.59 Å². The topological polar surface area (TPSA) is 49.4 Å². The molecule has 1 heterocycles. The van der Waals surface area contributed by atoms with Crippen LogP contribution in [0.4, 0.5) is 0 Å². The molecule has 112 valence electrons. The molecule has 1 N–H and O–H groups in total. The number of nitrogens with one attached hydrogen (secondary N) is 1. The number of carbonyl (C=O) groups is 2. The minimum absolute atomic E-state index is 0.00731. The van der Waals surface area contributed by atoms with Crippen molar-refractivity contribution in [2.75, 3.05) is 6.54 Å². The van der Waals surface area contributed by atoms with Crippen molar-refractivity contribution in [3.05, 3.63) is 0 Å². The van der Waals surface area contributed by atoms with Crippen molar-refractivity contribution in [2.45, 2.75) is 64.5 Å². The van der Waals surface area contributed by atoms with E-state index in [1.165, 1.54) is 25.7 Å². The fourth-order valence-electron chi connectivity index (χ4n) is 4.41. The minimum atomic E-state index is -0.704. The van der Waals surface area contributed by atoms with Gasteiger partial charge in [0.25, 0.3) is 0 Å². The van der Waals surface area contributed by atoms with Crippen LogP contribution >= 0.6 is 0 Å². The molecule has 4 nitrogen and oxygen atoms in total. The fourth-order valence-corrected chi connectivity index (χ4v) is 4.41. The monoisotopic (exact) mass is 278 g/mol. The zero-order valence-electron chi connectivity index (χ0n) is 12.8. The lowest BCUT2D eigenvalue weighted by Crippen LogP contribution is -2.68. The first kappa shape index (κ1) is 13.9. The zero-order valence-corrected chi connectivity index (χ0v) is 12.8. The molecule has 1 saturated heterocycles. The van der Waals surface area contributed by atoms with E-state index < -0.39 is 5.54 Å². The van der Waals surface area contributed by atoms with Gasteiger partial charge < -0.3 is 10.2 Å². The number of rotatable bonds is 3. The summed E-state index contributed by atoms with van der Waals surface area (Å²) in [4.78, 5) is 26.8. The maximum absolute atomic E-state index is 12.6. The van der Waals surface area contributed by atoms with E-state index in [-0.39, 0.29) is 17.9 Å². The van der Waals surface area contributed by atoms with Crippen molar-refractivity contribution >= 4 is 11.8 Å². The summed E-state index contributed by atoms with van der Waals surface area (Å²) in [6, 6.07) is -0.325. The van der Waals surface area contributed by atoms with Gasteiger partial charge in [0.2, 0.25) is 11.8 Å². The third kappa shape index (κ3) is 2.04. The van der Waals surface area contributed by atoms with Crippen LogP contribution in [0.3, 0.4) is 0 Å². The summed E-state index contributed by atoms with van der Waals surface area (Å²) in [6.45, 7) is 6.48. The summed E-state index contributed by atoms with van der Waals surface area (Å²) < 4.78 is 0. The highest BCUT2D eigenvalue weighted by atomic mass is 16.2.